The van der Waals surface area contributed by atoms with Gasteiger partial charge in [-0.2, -0.15) is 0 Å². The summed E-state index contributed by atoms with van der Waals surface area (Å²) < 4.78 is 0. The summed E-state index contributed by atoms with van der Waals surface area (Å²) in [6.45, 7) is 0.528. The van der Waals surface area contributed by atoms with Gasteiger partial charge >= 0.3 is 0 Å². The fourth-order valence-electron chi connectivity index (χ4n) is 1.29. The van der Waals surface area contributed by atoms with Crippen molar-refractivity contribution in [2.75, 3.05) is 19.7 Å². The Kier molecular flexibility index (Phi) is 3.39. The van der Waals surface area contributed by atoms with Gasteiger partial charge in [-0.05, 0) is 0 Å². The normalized spacial score (nSPS) is 20.2. The molecule has 1 saturated heterocycles. The van der Waals surface area contributed by atoms with E-state index in [2.05, 4.69) is 0 Å². The molecule has 0 aromatic rings. The number of nitrogens with two attached hydrogens (primary N) is 1. The Bertz CT molecular complexity index is 207. The molecule has 1 amide bonds. The topological polar surface area (TPSA) is 83.6 Å². The standard InChI is InChI=1S/C8H14N2O3/c9-7(5-11)8(13)10-3-1-6(12)2-4-10/h7,11H,1-5,9H2. The summed E-state index contributed by atoms with van der Waals surface area (Å²) in [5.74, 6) is -0.0865. The van der Waals surface area contributed by atoms with Gasteiger partial charge < -0.3 is 15.7 Å². The van der Waals surface area contributed by atoms with Crippen molar-refractivity contribution >= 4 is 11.7 Å². The molecule has 0 saturated carbocycles. The van der Waals surface area contributed by atoms with E-state index in [1.165, 1.54) is 4.90 Å². The lowest BCUT2D eigenvalue weighted by atomic mass is 10.1. The quantitative estimate of drug-likeness (QED) is 0.549. The predicted octanol–water partition coefficient (Wildman–Crippen LogP) is -1.50. The molecule has 74 valence electrons. The van der Waals surface area contributed by atoms with Crippen molar-refractivity contribution in [3.63, 3.8) is 0 Å². The number of carbonyl (C=O) groups is 2. The van der Waals surface area contributed by atoms with Gasteiger partial charge in [0, 0.05) is 25.9 Å². The SMILES string of the molecule is NC(CO)C(=O)N1CCC(=O)CC1. The van der Waals surface area contributed by atoms with E-state index < -0.39 is 6.04 Å². The fourth-order valence-corrected chi connectivity index (χ4v) is 1.29. The molecule has 0 spiro atoms. The van der Waals surface area contributed by atoms with Crippen LogP contribution in [0.15, 0.2) is 0 Å². The number of Topliss-reactive ketones (excluding diaryl/α,β-unsaturated/α-hetero) is 1. The monoisotopic (exact) mass is 186 g/mol. The molecule has 5 heteroatoms. The third-order valence-electron chi connectivity index (χ3n) is 2.15. The Morgan fingerprint density at radius 2 is 2.08 bits per heavy atom. The smallest absolute Gasteiger partial charge is 0.241 e. The zero-order chi connectivity index (χ0) is 9.84. The summed E-state index contributed by atoms with van der Waals surface area (Å²) in [5, 5.41) is 8.65. The van der Waals surface area contributed by atoms with E-state index in [9.17, 15) is 9.59 Å². The molecule has 0 bridgehead atoms. The van der Waals surface area contributed by atoms with Crippen molar-refractivity contribution in [2.24, 2.45) is 5.73 Å². The number of likely N-dealkylation sites (tertiary alicyclic amines) is 1. The van der Waals surface area contributed by atoms with Crippen LogP contribution in [-0.2, 0) is 9.59 Å². The molecule has 13 heavy (non-hydrogen) atoms. The van der Waals surface area contributed by atoms with E-state index in [0.717, 1.165) is 0 Å². The largest absolute Gasteiger partial charge is 0.394 e. The summed E-state index contributed by atoms with van der Waals surface area (Å²) in [5.41, 5.74) is 5.36. The number of rotatable bonds is 2. The summed E-state index contributed by atoms with van der Waals surface area (Å²) >= 11 is 0. The first kappa shape index (κ1) is 10.1. The lowest BCUT2D eigenvalue weighted by molar-refractivity contribution is -0.136. The molecule has 5 nitrogen and oxygen atoms in total. The van der Waals surface area contributed by atoms with Crippen LogP contribution >= 0.6 is 0 Å². The van der Waals surface area contributed by atoms with Gasteiger partial charge in [0.15, 0.2) is 0 Å². The lowest BCUT2D eigenvalue weighted by Gasteiger charge is -2.27. The van der Waals surface area contributed by atoms with Gasteiger partial charge in [-0.3, -0.25) is 9.59 Å². The van der Waals surface area contributed by atoms with Gasteiger partial charge in [0.1, 0.15) is 11.8 Å². The number of aliphatic hydroxyl groups is 1. The average molecular weight is 186 g/mol. The van der Waals surface area contributed by atoms with Crippen LogP contribution < -0.4 is 5.73 Å². The average Bonchev–Trinajstić information content (AvgIpc) is 2.17. The molecule has 1 aliphatic heterocycles. The van der Waals surface area contributed by atoms with Crippen LogP contribution in [0, 0.1) is 0 Å². The van der Waals surface area contributed by atoms with E-state index in [-0.39, 0.29) is 18.3 Å². The lowest BCUT2D eigenvalue weighted by Crippen LogP contribution is -2.48. The molecule has 3 N–H and O–H groups in total. The summed E-state index contributed by atoms with van der Waals surface area (Å²) in [6, 6.07) is -0.840. The molecular formula is C8H14N2O3. The minimum Gasteiger partial charge on any atom is -0.394 e. The van der Waals surface area contributed by atoms with Crippen LogP contribution in [0.1, 0.15) is 12.8 Å². The maximum atomic E-state index is 11.4. The van der Waals surface area contributed by atoms with Gasteiger partial charge in [0.2, 0.25) is 5.91 Å². The fraction of sp³-hybridized carbons (Fsp3) is 0.750. The third-order valence-corrected chi connectivity index (χ3v) is 2.15. The number of piperidine rings is 1. The molecule has 1 unspecified atom stereocenters. The molecule has 0 aromatic heterocycles. The highest BCUT2D eigenvalue weighted by Gasteiger charge is 2.24. The van der Waals surface area contributed by atoms with E-state index in [0.29, 0.717) is 25.9 Å². The first-order valence-electron chi connectivity index (χ1n) is 4.32. The van der Waals surface area contributed by atoms with E-state index in [1.807, 2.05) is 0 Å². The molecule has 1 atom stereocenters. The molecule has 1 rings (SSSR count). The molecule has 1 fully saturated rings. The van der Waals surface area contributed by atoms with Crippen LogP contribution in [0.2, 0.25) is 0 Å². The van der Waals surface area contributed by atoms with Crippen LogP contribution in [-0.4, -0.2) is 47.4 Å². The molecule has 0 aliphatic carbocycles. The highest BCUT2D eigenvalue weighted by Crippen LogP contribution is 2.06. The number of ketones is 1. The van der Waals surface area contributed by atoms with E-state index in [1.54, 1.807) is 0 Å². The van der Waals surface area contributed by atoms with Crippen molar-refractivity contribution < 1.29 is 14.7 Å². The third kappa shape index (κ3) is 2.50. The first-order valence-corrected chi connectivity index (χ1v) is 4.32. The second-order valence-corrected chi connectivity index (χ2v) is 3.15. The van der Waals surface area contributed by atoms with Crippen molar-refractivity contribution in [1.29, 1.82) is 0 Å². The van der Waals surface area contributed by atoms with E-state index >= 15 is 0 Å². The number of hydrogen-bond acceptors (Lipinski definition) is 4. The minimum absolute atomic E-state index is 0.182. The van der Waals surface area contributed by atoms with Crippen molar-refractivity contribution in [3.05, 3.63) is 0 Å². The molecule has 1 aliphatic rings. The second kappa shape index (κ2) is 4.34. The summed E-state index contributed by atoms with van der Waals surface area (Å²) in [4.78, 5) is 23.7. The van der Waals surface area contributed by atoms with Crippen molar-refractivity contribution in [3.8, 4) is 0 Å². The van der Waals surface area contributed by atoms with Gasteiger partial charge in [-0.15, -0.1) is 0 Å². The predicted molar refractivity (Wildman–Crippen MR) is 45.9 cm³/mol. The number of nitrogens with zero attached hydrogens (tertiary/aromatic N) is 1. The Morgan fingerprint density at radius 1 is 1.54 bits per heavy atom. The van der Waals surface area contributed by atoms with Crippen LogP contribution in [0.5, 0.6) is 0 Å². The zero-order valence-electron chi connectivity index (χ0n) is 7.40. The Morgan fingerprint density at radius 3 is 2.54 bits per heavy atom. The van der Waals surface area contributed by atoms with Gasteiger partial charge in [-0.1, -0.05) is 0 Å². The molecular weight excluding hydrogens is 172 g/mol. The molecule has 0 aromatic carbocycles. The van der Waals surface area contributed by atoms with Crippen LogP contribution in [0.3, 0.4) is 0 Å². The van der Waals surface area contributed by atoms with Crippen LogP contribution in [0.4, 0.5) is 0 Å². The summed E-state index contributed by atoms with van der Waals surface area (Å²) in [7, 11) is 0. The summed E-state index contributed by atoms with van der Waals surface area (Å²) in [6.07, 6.45) is 0.813. The van der Waals surface area contributed by atoms with Gasteiger partial charge in [0.25, 0.3) is 0 Å². The zero-order valence-corrected chi connectivity index (χ0v) is 7.40. The van der Waals surface area contributed by atoms with Crippen LogP contribution in [0.25, 0.3) is 0 Å². The highest BCUT2D eigenvalue weighted by molar-refractivity contribution is 5.85. The highest BCUT2D eigenvalue weighted by atomic mass is 16.3. The van der Waals surface area contributed by atoms with Crippen molar-refractivity contribution in [1.82, 2.24) is 4.90 Å². The molecule has 0 radical (unpaired) electrons. The van der Waals surface area contributed by atoms with Gasteiger partial charge in [0.05, 0.1) is 6.61 Å². The number of aliphatic hydroxyl groups excluding tert-OH is 1. The number of hydrogen-bond donors (Lipinski definition) is 2. The minimum atomic E-state index is -0.840. The van der Waals surface area contributed by atoms with E-state index in [4.69, 9.17) is 10.8 Å². The van der Waals surface area contributed by atoms with Crippen molar-refractivity contribution in [2.45, 2.75) is 18.9 Å². The second-order valence-electron chi connectivity index (χ2n) is 3.15. The Labute approximate surface area is 76.5 Å². The Hall–Kier alpha value is -0.940. The Balaban J connectivity index is 2.44. The maximum absolute atomic E-state index is 11.4. The first-order chi connectivity index (χ1) is 6.15. The van der Waals surface area contributed by atoms with Gasteiger partial charge in [-0.25, -0.2) is 0 Å². The number of amides is 1. The number of carbonyl (C=O) groups excluding carboxylic acids is 2. The molecule has 1 heterocycles. The maximum Gasteiger partial charge on any atom is 0.241 e.